The number of benzene rings is 1. The maximum Gasteiger partial charge on any atom is 0.254 e. The van der Waals surface area contributed by atoms with Crippen LogP contribution in [0.15, 0.2) is 22.7 Å². The minimum Gasteiger partial charge on any atom is -0.361 e. The lowest BCUT2D eigenvalue weighted by atomic mass is 9.98. The Kier molecular flexibility index (Phi) is 5.87. The zero-order chi connectivity index (χ0) is 20.4. The van der Waals surface area contributed by atoms with E-state index in [1.807, 2.05) is 44.7 Å². The van der Waals surface area contributed by atoms with Gasteiger partial charge in [0, 0.05) is 29.4 Å². The lowest BCUT2D eigenvalue weighted by Gasteiger charge is -2.33. The van der Waals surface area contributed by atoms with E-state index in [4.69, 9.17) is 4.52 Å². The van der Waals surface area contributed by atoms with Gasteiger partial charge in [-0.1, -0.05) is 5.16 Å². The first-order valence-electron chi connectivity index (χ1n) is 9.94. The second-order valence-corrected chi connectivity index (χ2v) is 7.82. The van der Waals surface area contributed by atoms with Crippen LogP contribution in [0, 0.1) is 20.8 Å². The topological polar surface area (TPSA) is 75.4 Å². The summed E-state index contributed by atoms with van der Waals surface area (Å²) in [6, 6.07) is 5.75. The number of hydrogen-bond acceptors (Lipinski definition) is 4. The quantitative estimate of drug-likeness (QED) is 0.851. The molecule has 0 aliphatic carbocycles. The van der Waals surface area contributed by atoms with Crippen molar-refractivity contribution in [2.45, 2.75) is 65.8 Å². The summed E-state index contributed by atoms with van der Waals surface area (Å²) in [5.74, 6) is 0.230. The Hall–Kier alpha value is -2.63. The van der Waals surface area contributed by atoms with Gasteiger partial charge in [-0.25, -0.2) is 0 Å². The number of carbonyl (C=O) groups excluding carboxylic acids is 2. The summed E-state index contributed by atoms with van der Waals surface area (Å²) in [5, 5.41) is 6.90. The molecule has 6 nitrogen and oxygen atoms in total. The van der Waals surface area contributed by atoms with Crippen molar-refractivity contribution in [3.63, 3.8) is 0 Å². The molecule has 1 aromatic carbocycles. The van der Waals surface area contributed by atoms with E-state index in [-0.39, 0.29) is 23.8 Å². The van der Waals surface area contributed by atoms with E-state index in [2.05, 4.69) is 17.4 Å². The third-order valence-electron chi connectivity index (χ3n) is 5.71. The van der Waals surface area contributed by atoms with Gasteiger partial charge < -0.3 is 14.7 Å². The monoisotopic (exact) mass is 383 g/mol. The number of nitrogens with one attached hydrogen (secondary N) is 1. The first kappa shape index (κ1) is 20.1. The third kappa shape index (κ3) is 3.96. The molecule has 2 heterocycles. The number of rotatable bonds is 4. The first-order valence-corrected chi connectivity index (χ1v) is 9.94. The number of aryl methyl sites for hydroxylation is 3. The fourth-order valence-corrected chi connectivity index (χ4v) is 3.98. The number of nitrogens with zero attached hydrogens (tertiary/aromatic N) is 2. The minimum atomic E-state index is -0.374. The molecule has 1 N–H and O–H groups in total. The molecule has 3 rings (SSSR count). The smallest absolute Gasteiger partial charge is 0.254 e. The second kappa shape index (κ2) is 8.17. The van der Waals surface area contributed by atoms with E-state index in [1.54, 1.807) is 6.07 Å². The van der Waals surface area contributed by atoms with Crippen LogP contribution >= 0.6 is 0 Å². The van der Waals surface area contributed by atoms with Crippen molar-refractivity contribution < 1.29 is 14.1 Å². The van der Waals surface area contributed by atoms with Gasteiger partial charge in [-0.15, -0.1) is 0 Å². The molecule has 0 bridgehead atoms. The van der Waals surface area contributed by atoms with Crippen LogP contribution < -0.4 is 5.32 Å². The van der Waals surface area contributed by atoms with Crippen molar-refractivity contribution in [3.05, 3.63) is 46.3 Å². The van der Waals surface area contributed by atoms with Crippen LogP contribution in [0.3, 0.4) is 0 Å². The highest BCUT2D eigenvalue weighted by Crippen LogP contribution is 2.26. The largest absolute Gasteiger partial charge is 0.361 e. The van der Waals surface area contributed by atoms with E-state index < -0.39 is 0 Å². The number of aromatic nitrogens is 1. The Labute approximate surface area is 166 Å². The van der Waals surface area contributed by atoms with Crippen LogP contribution in [-0.4, -0.2) is 34.5 Å². The highest BCUT2D eigenvalue weighted by Gasteiger charge is 2.26. The van der Waals surface area contributed by atoms with Crippen LogP contribution in [0.5, 0.6) is 0 Å². The van der Waals surface area contributed by atoms with Crippen LogP contribution in [0.4, 0.5) is 5.69 Å². The summed E-state index contributed by atoms with van der Waals surface area (Å²) in [6.45, 7) is 10.3. The fourth-order valence-electron chi connectivity index (χ4n) is 3.98. The molecule has 2 atom stereocenters. The van der Waals surface area contributed by atoms with E-state index in [0.29, 0.717) is 17.0 Å². The van der Waals surface area contributed by atoms with Crippen LogP contribution in [0.1, 0.15) is 72.0 Å². The number of likely N-dealkylation sites (tertiary alicyclic amines) is 1. The Morgan fingerprint density at radius 3 is 2.61 bits per heavy atom. The molecule has 2 amide bonds. The number of amides is 2. The standard InChI is InChI=1S/C22H29N3O3/c1-13-12-18(22(27)25-11-7-6-8-14(25)2)9-10-19(13)23-21(26)15(3)20-16(4)24-28-17(20)5/h9-10,12,14-15H,6-8,11H2,1-5H3,(H,23,26)/t14-,15+/m0/s1. The summed E-state index contributed by atoms with van der Waals surface area (Å²) in [7, 11) is 0. The van der Waals surface area contributed by atoms with Crippen molar-refractivity contribution >= 4 is 17.5 Å². The van der Waals surface area contributed by atoms with Crippen molar-refractivity contribution in [1.29, 1.82) is 0 Å². The van der Waals surface area contributed by atoms with E-state index in [1.165, 1.54) is 6.42 Å². The van der Waals surface area contributed by atoms with Gasteiger partial charge in [-0.2, -0.15) is 0 Å². The summed E-state index contributed by atoms with van der Waals surface area (Å²) >= 11 is 0. The van der Waals surface area contributed by atoms with Gasteiger partial charge in [0.05, 0.1) is 11.6 Å². The van der Waals surface area contributed by atoms with Gasteiger partial charge in [-0.3, -0.25) is 9.59 Å². The zero-order valence-electron chi connectivity index (χ0n) is 17.3. The van der Waals surface area contributed by atoms with Crippen LogP contribution in [0.2, 0.25) is 0 Å². The molecular weight excluding hydrogens is 354 g/mol. The molecule has 6 heteroatoms. The lowest BCUT2D eigenvalue weighted by Crippen LogP contribution is -2.42. The average molecular weight is 383 g/mol. The Morgan fingerprint density at radius 2 is 2.00 bits per heavy atom. The third-order valence-corrected chi connectivity index (χ3v) is 5.71. The van der Waals surface area contributed by atoms with E-state index >= 15 is 0 Å². The molecule has 1 aromatic heterocycles. The lowest BCUT2D eigenvalue weighted by molar-refractivity contribution is -0.117. The number of piperidine rings is 1. The van der Waals surface area contributed by atoms with Crippen LogP contribution in [-0.2, 0) is 4.79 Å². The van der Waals surface area contributed by atoms with Gasteiger partial charge in [0.2, 0.25) is 5.91 Å². The normalized spacial score (nSPS) is 18.0. The maximum atomic E-state index is 12.9. The molecule has 28 heavy (non-hydrogen) atoms. The van der Waals surface area contributed by atoms with Gasteiger partial charge in [-0.05, 0) is 77.6 Å². The highest BCUT2D eigenvalue weighted by atomic mass is 16.5. The summed E-state index contributed by atoms with van der Waals surface area (Å²) in [4.78, 5) is 27.5. The molecule has 0 saturated carbocycles. The van der Waals surface area contributed by atoms with Gasteiger partial charge >= 0.3 is 0 Å². The molecule has 1 saturated heterocycles. The van der Waals surface area contributed by atoms with Crippen LogP contribution in [0.25, 0.3) is 0 Å². The predicted molar refractivity (Wildman–Crippen MR) is 109 cm³/mol. The minimum absolute atomic E-state index is 0.0669. The average Bonchev–Trinajstić information content (AvgIpc) is 3.00. The number of hydrogen-bond donors (Lipinski definition) is 1. The van der Waals surface area contributed by atoms with Crippen molar-refractivity contribution in [3.8, 4) is 0 Å². The maximum absolute atomic E-state index is 12.9. The Bertz CT molecular complexity index is 868. The number of carbonyl (C=O) groups is 2. The Balaban J connectivity index is 1.74. The van der Waals surface area contributed by atoms with E-state index in [9.17, 15) is 9.59 Å². The summed E-state index contributed by atoms with van der Waals surface area (Å²) < 4.78 is 5.18. The summed E-state index contributed by atoms with van der Waals surface area (Å²) in [5.41, 5.74) is 3.80. The SMILES string of the molecule is Cc1cc(C(=O)N2CCCC[C@@H]2C)ccc1NC(=O)[C@H](C)c1c(C)noc1C. The number of anilines is 1. The molecule has 0 unspecified atom stereocenters. The second-order valence-electron chi connectivity index (χ2n) is 7.82. The molecule has 1 aliphatic heterocycles. The molecular formula is C22H29N3O3. The molecule has 150 valence electrons. The fraction of sp³-hybridized carbons (Fsp3) is 0.500. The predicted octanol–water partition coefficient (Wildman–Crippen LogP) is 4.36. The summed E-state index contributed by atoms with van der Waals surface area (Å²) in [6.07, 6.45) is 3.29. The van der Waals surface area contributed by atoms with Crippen molar-refractivity contribution in [1.82, 2.24) is 10.1 Å². The Morgan fingerprint density at radius 1 is 1.25 bits per heavy atom. The molecule has 1 aliphatic rings. The first-order chi connectivity index (χ1) is 13.3. The van der Waals surface area contributed by atoms with Gasteiger partial charge in [0.25, 0.3) is 5.91 Å². The van der Waals surface area contributed by atoms with Crippen molar-refractivity contribution in [2.24, 2.45) is 0 Å². The van der Waals surface area contributed by atoms with Gasteiger partial charge in [0.15, 0.2) is 0 Å². The molecule has 1 fully saturated rings. The molecule has 0 spiro atoms. The van der Waals surface area contributed by atoms with Crippen molar-refractivity contribution in [2.75, 3.05) is 11.9 Å². The molecule has 0 radical (unpaired) electrons. The zero-order valence-corrected chi connectivity index (χ0v) is 17.3. The molecule has 2 aromatic rings. The van der Waals surface area contributed by atoms with E-state index in [0.717, 1.165) is 36.2 Å². The van der Waals surface area contributed by atoms with Gasteiger partial charge in [0.1, 0.15) is 5.76 Å². The highest BCUT2D eigenvalue weighted by molar-refractivity contribution is 5.98.